The Bertz CT molecular complexity index is 451. The zero-order chi connectivity index (χ0) is 14.5. The van der Waals surface area contributed by atoms with E-state index in [4.69, 9.17) is 0 Å². The van der Waals surface area contributed by atoms with E-state index in [9.17, 15) is 5.11 Å². The van der Waals surface area contributed by atoms with Gasteiger partial charge in [-0.15, -0.1) is 0 Å². The normalized spacial score (nSPS) is 21.0. The summed E-state index contributed by atoms with van der Waals surface area (Å²) in [6, 6.07) is 7.25. The first-order chi connectivity index (χ1) is 10.4. The van der Waals surface area contributed by atoms with E-state index in [0.29, 0.717) is 5.92 Å². The summed E-state index contributed by atoms with van der Waals surface area (Å²) < 4.78 is 0. The van der Waals surface area contributed by atoms with Gasteiger partial charge >= 0.3 is 0 Å². The fourth-order valence-corrected chi connectivity index (χ4v) is 4.06. The van der Waals surface area contributed by atoms with Gasteiger partial charge in [0.05, 0.1) is 6.61 Å². The molecule has 2 nitrogen and oxygen atoms in total. The molecular formula is C19H29NO. The fraction of sp³-hybridized carbons (Fsp3) is 0.684. The summed E-state index contributed by atoms with van der Waals surface area (Å²) in [6.07, 6.45) is 11.8. The van der Waals surface area contributed by atoms with Crippen molar-refractivity contribution in [2.75, 3.05) is 6.61 Å². The molecule has 2 heteroatoms. The summed E-state index contributed by atoms with van der Waals surface area (Å²) in [5, 5.41) is 13.3. The van der Waals surface area contributed by atoms with Gasteiger partial charge in [-0.2, -0.15) is 0 Å². The maximum atomic E-state index is 9.69. The zero-order valence-electron chi connectivity index (χ0n) is 13.1. The average Bonchev–Trinajstić information content (AvgIpc) is 2.56. The molecule has 0 radical (unpaired) electrons. The minimum absolute atomic E-state index is 0.273. The molecule has 1 fully saturated rings. The lowest BCUT2D eigenvalue weighted by atomic mass is 9.84. The van der Waals surface area contributed by atoms with Crippen LogP contribution in [0.1, 0.15) is 61.6 Å². The Morgan fingerprint density at radius 3 is 2.52 bits per heavy atom. The Morgan fingerprint density at radius 2 is 1.76 bits per heavy atom. The standard InChI is InChI=1S/C19H29NO/c21-14-19(17-7-2-1-3-8-17)20-13-15-10-11-16-6-4-5-9-18(16)12-15/h10-12,17,19-21H,1-9,13-14H2. The van der Waals surface area contributed by atoms with Crippen molar-refractivity contribution in [1.82, 2.24) is 5.32 Å². The first kappa shape index (κ1) is 15.1. The van der Waals surface area contributed by atoms with E-state index in [1.807, 2.05) is 0 Å². The molecule has 0 bridgehead atoms. The second kappa shape index (κ2) is 7.42. The molecule has 0 saturated heterocycles. The molecule has 1 atom stereocenters. The predicted molar refractivity (Wildman–Crippen MR) is 87.4 cm³/mol. The molecule has 2 N–H and O–H groups in total. The predicted octanol–water partition coefficient (Wildman–Crippen LogP) is 3.60. The topological polar surface area (TPSA) is 32.3 Å². The van der Waals surface area contributed by atoms with Crippen LogP contribution < -0.4 is 5.32 Å². The molecule has 1 aromatic carbocycles. The van der Waals surface area contributed by atoms with Crippen molar-refractivity contribution >= 4 is 0 Å². The van der Waals surface area contributed by atoms with Crippen LogP contribution in [0.25, 0.3) is 0 Å². The van der Waals surface area contributed by atoms with Crippen LogP contribution in [0.5, 0.6) is 0 Å². The van der Waals surface area contributed by atoms with Crippen LogP contribution in [-0.4, -0.2) is 17.8 Å². The van der Waals surface area contributed by atoms with Crippen molar-refractivity contribution in [2.24, 2.45) is 5.92 Å². The van der Waals surface area contributed by atoms with Gasteiger partial charge in [0, 0.05) is 12.6 Å². The first-order valence-corrected chi connectivity index (χ1v) is 8.82. The SMILES string of the molecule is OCC(NCc1ccc2c(c1)CCCC2)C1CCCCC1. The van der Waals surface area contributed by atoms with Gasteiger partial charge in [0.25, 0.3) is 0 Å². The average molecular weight is 287 g/mol. The molecule has 0 aliphatic heterocycles. The number of aryl methyl sites for hydroxylation is 2. The molecule has 21 heavy (non-hydrogen) atoms. The Morgan fingerprint density at radius 1 is 1.00 bits per heavy atom. The molecule has 0 aromatic heterocycles. The molecule has 0 heterocycles. The number of benzene rings is 1. The number of aliphatic hydroxyl groups excluding tert-OH is 1. The minimum Gasteiger partial charge on any atom is -0.395 e. The molecule has 0 amide bonds. The summed E-state index contributed by atoms with van der Waals surface area (Å²) >= 11 is 0. The van der Waals surface area contributed by atoms with E-state index in [-0.39, 0.29) is 12.6 Å². The number of nitrogens with one attached hydrogen (secondary N) is 1. The highest BCUT2D eigenvalue weighted by molar-refractivity contribution is 5.33. The van der Waals surface area contributed by atoms with Gasteiger partial charge in [-0.3, -0.25) is 0 Å². The quantitative estimate of drug-likeness (QED) is 0.867. The van der Waals surface area contributed by atoms with E-state index in [1.54, 1.807) is 11.1 Å². The third kappa shape index (κ3) is 3.87. The van der Waals surface area contributed by atoms with Gasteiger partial charge in [0.15, 0.2) is 0 Å². The van der Waals surface area contributed by atoms with Gasteiger partial charge in [0.1, 0.15) is 0 Å². The van der Waals surface area contributed by atoms with Crippen molar-refractivity contribution in [1.29, 1.82) is 0 Å². The van der Waals surface area contributed by atoms with Gasteiger partial charge in [-0.25, -0.2) is 0 Å². The van der Waals surface area contributed by atoms with Crippen molar-refractivity contribution < 1.29 is 5.11 Å². The largest absolute Gasteiger partial charge is 0.395 e. The summed E-state index contributed by atoms with van der Waals surface area (Å²) in [4.78, 5) is 0. The molecule has 0 spiro atoms. The first-order valence-electron chi connectivity index (χ1n) is 8.82. The second-order valence-electron chi connectivity index (χ2n) is 6.88. The van der Waals surface area contributed by atoms with Crippen LogP contribution in [0.2, 0.25) is 0 Å². The molecular weight excluding hydrogens is 258 g/mol. The zero-order valence-corrected chi connectivity index (χ0v) is 13.1. The Hall–Kier alpha value is -0.860. The van der Waals surface area contributed by atoms with Crippen molar-refractivity contribution in [3.05, 3.63) is 34.9 Å². The van der Waals surface area contributed by atoms with E-state index < -0.39 is 0 Å². The second-order valence-corrected chi connectivity index (χ2v) is 6.88. The summed E-state index contributed by atoms with van der Waals surface area (Å²) in [5.74, 6) is 0.668. The van der Waals surface area contributed by atoms with E-state index in [2.05, 4.69) is 23.5 Å². The number of hydrogen-bond acceptors (Lipinski definition) is 2. The molecule has 1 aromatic rings. The summed E-state index contributed by atoms with van der Waals surface area (Å²) in [5.41, 5.74) is 4.49. The lowest BCUT2D eigenvalue weighted by Crippen LogP contribution is -2.39. The van der Waals surface area contributed by atoms with Crippen molar-refractivity contribution in [3.8, 4) is 0 Å². The summed E-state index contributed by atoms with van der Waals surface area (Å²) in [6.45, 7) is 1.17. The molecule has 1 saturated carbocycles. The highest BCUT2D eigenvalue weighted by Crippen LogP contribution is 2.27. The van der Waals surface area contributed by atoms with Crippen molar-refractivity contribution in [2.45, 2.75) is 70.4 Å². The van der Waals surface area contributed by atoms with Crippen LogP contribution in [0, 0.1) is 5.92 Å². The van der Waals surface area contributed by atoms with Crippen LogP contribution in [0.15, 0.2) is 18.2 Å². The van der Waals surface area contributed by atoms with Crippen LogP contribution in [0.3, 0.4) is 0 Å². The lowest BCUT2D eigenvalue weighted by molar-refractivity contribution is 0.170. The number of rotatable bonds is 5. The minimum atomic E-state index is 0.273. The fourth-order valence-electron chi connectivity index (χ4n) is 4.06. The number of aliphatic hydroxyl groups is 1. The molecule has 2 aliphatic carbocycles. The lowest BCUT2D eigenvalue weighted by Gasteiger charge is -2.30. The van der Waals surface area contributed by atoms with Crippen LogP contribution in [0.4, 0.5) is 0 Å². The Balaban J connectivity index is 1.58. The van der Waals surface area contributed by atoms with E-state index in [1.165, 1.54) is 63.4 Å². The Labute approximate surface area is 129 Å². The molecule has 116 valence electrons. The maximum Gasteiger partial charge on any atom is 0.0587 e. The van der Waals surface area contributed by atoms with E-state index >= 15 is 0 Å². The van der Waals surface area contributed by atoms with Gasteiger partial charge in [-0.1, -0.05) is 37.5 Å². The van der Waals surface area contributed by atoms with Gasteiger partial charge in [-0.05, 0) is 61.1 Å². The van der Waals surface area contributed by atoms with Gasteiger partial charge in [0.2, 0.25) is 0 Å². The third-order valence-electron chi connectivity index (χ3n) is 5.40. The monoisotopic (exact) mass is 287 g/mol. The molecule has 3 rings (SSSR count). The summed E-state index contributed by atoms with van der Waals surface area (Å²) in [7, 11) is 0. The molecule has 1 unspecified atom stereocenters. The van der Waals surface area contributed by atoms with Crippen LogP contribution >= 0.6 is 0 Å². The third-order valence-corrected chi connectivity index (χ3v) is 5.40. The maximum absolute atomic E-state index is 9.69. The highest BCUT2D eigenvalue weighted by Gasteiger charge is 2.22. The number of hydrogen-bond donors (Lipinski definition) is 2. The van der Waals surface area contributed by atoms with Crippen molar-refractivity contribution in [3.63, 3.8) is 0 Å². The van der Waals surface area contributed by atoms with E-state index in [0.717, 1.165) is 6.54 Å². The van der Waals surface area contributed by atoms with Crippen LogP contribution in [-0.2, 0) is 19.4 Å². The molecule has 2 aliphatic rings. The smallest absolute Gasteiger partial charge is 0.0587 e. The van der Waals surface area contributed by atoms with Gasteiger partial charge < -0.3 is 10.4 Å². The highest BCUT2D eigenvalue weighted by atomic mass is 16.3. The number of fused-ring (bicyclic) bond motifs is 1. The Kier molecular flexibility index (Phi) is 5.32.